The molecule has 1 aliphatic rings. The van der Waals surface area contributed by atoms with Gasteiger partial charge in [0.25, 0.3) is 0 Å². The van der Waals surface area contributed by atoms with Gasteiger partial charge in [0.1, 0.15) is 6.04 Å². The van der Waals surface area contributed by atoms with Crippen LogP contribution in [0.1, 0.15) is 36.2 Å². The van der Waals surface area contributed by atoms with E-state index in [1.54, 1.807) is 0 Å². The molecule has 1 saturated heterocycles. The second-order valence-electron chi connectivity index (χ2n) is 7.00. The monoisotopic (exact) mass is 390 g/mol. The molecule has 1 atom stereocenters. The number of aromatic nitrogens is 2. The fourth-order valence-electron chi connectivity index (χ4n) is 3.61. The summed E-state index contributed by atoms with van der Waals surface area (Å²) in [6.45, 7) is 4.62. The zero-order chi connectivity index (χ0) is 19.6. The minimum absolute atomic E-state index is 0.244. The predicted molar refractivity (Wildman–Crippen MR) is 104 cm³/mol. The van der Waals surface area contributed by atoms with Crippen LogP contribution in [0.4, 0.5) is 0 Å². The third-order valence-electron chi connectivity index (χ3n) is 5.06. The van der Waals surface area contributed by atoms with Crippen molar-refractivity contribution in [2.75, 3.05) is 12.8 Å². The molecule has 0 aliphatic carbocycles. The van der Waals surface area contributed by atoms with Crippen LogP contribution in [0.15, 0.2) is 30.3 Å². The van der Waals surface area contributed by atoms with Crippen molar-refractivity contribution in [1.29, 1.82) is 0 Å². The van der Waals surface area contributed by atoms with E-state index in [1.165, 1.54) is 4.31 Å². The second-order valence-corrected chi connectivity index (χ2v) is 8.93. The Hall–Kier alpha value is -2.19. The standard InChI is InChI=1S/C19H26N4O3S/c1-14-17(15(2)23(21-14)16-9-5-4-6-10-16)13-20-19(24)18-11-7-8-12-22(18)27(3,25)26/h4-6,9-10,18H,7-8,11-13H2,1-3H3,(H,20,24). The average Bonchev–Trinajstić information content (AvgIpc) is 2.93. The van der Waals surface area contributed by atoms with Crippen molar-refractivity contribution < 1.29 is 13.2 Å². The van der Waals surface area contributed by atoms with Gasteiger partial charge in [0.2, 0.25) is 15.9 Å². The molecule has 2 aromatic rings. The van der Waals surface area contributed by atoms with Gasteiger partial charge in [-0.25, -0.2) is 13.1 Å². The van der Waals surface area contributed by atoms with Crippen molar-refractivity contribution in [1.82, 2.24) is 19.4 Å². The number of nitrogens with one attached hydrogen (secondary N) is 1. The maximum atomic E-state index is 12.7. The number of aryl methyl sites for hydroxylation is 1. The number of carbonyl (C=O) groups is 1. The average molecular weight is 391 g/mol. The summed E-state index contributed by atoms with van der Waals surface area (Å²) < 4.78 is 27.1. The van der Waals surface area contributed by atoms with Gasteiger partial charge in [-0.15, -0.1) is 0 Å². The Bertz CT molecular complexity index is 922. The zero-order valence-electron chi connectivity index (χ0n) is 16.0. The molecule has 0 saturated carbocycles. The van der Waals surface area contributed by atoms with Crippen LogP contribution in [0, 0.1) is 13.8 Å². The summed E-state index contributed by atoms with van der Waals surface area (Å²) in [4.78, 5) is 12.7. The molecule has 8 heteroatoms. The summed E-state index contributed by atoms with van der Waals surface area (Å²) in [6.07, 6.45) is 3.37. The van der Waals surface area contributed by atoms with E-state index < -0.39 is 16.1 Å². The number of rotatable bonds is 5. The SMILES string of the molecule is Cc1nn(-c2ccccc2)c(C)c1CNC(=O)C1CCCCN1S(C)(=O)=O. The summed E-state index contributed by atoms with van der Waals surface area (Å²) in [6, 6.07) is 9.19. The molecule has 1 aromatic heterocycles. The molecule has 1 aliphatic heterocycles. The number of sulfonamides is 1. The van der Waals surface area contributed by atoms with E-state index >= 15 is 0 Å². The number of nitrogens with zero attached hydrogens (tertiary/aromatic N) is 3. The molecule has 1 unspecified atom stereocenters. The first-order chi connectivity index (χ1) is 12.8. The van der Waals surface area contributed by atoms with Crippen molar-refractivity contribution in [3.05, 3.63) is 47.3 Å². The molecule has 1 amide bonds. The van der Waals surface area contributed by atoms with Crippen molar-refractivity contribution in [2.24, 2.45) is 0 Å². The summed E-state index contributed by atoms with van der Waals surface area (Å²) in [5.41, 5.74) is 3.73. The highest BCUT2D eigenvalue weighted by Gasteiger charge is 2.34. The Morgan fingerprint density at radius 3 is 2.59 bits per heavy atom. The highest BCUT2D eigenvalue weighted by Crippen LogP contribution is 2.21. The topological polar surface area (TPSA) is 84.3 Å². The number of hydrogen-bond acceptors (Lipinski definition) is 4. The minimum Gasteiger partial charge on any atom is -0.350 e. The Morgan fingerprint density at radius 2 is 1.93 bits per heavy atom. The van der Waals surface area contributed by atoms with Crippen LogP contribution in [0.3, 0.4) is 0 Å². The van der Waals surface area contributed by atoms with Gasteiger partial charge in [0.05, 0.1) is 17.6 Å². The third kappa shape index (κ3) is 4.22. The Labute approximate surface area is 160 Å². The minimum atomic E-state index is -3.40. The first-order valence-electron chi connectivity index (χ1n) is 9.14. The number of para-hydroxylation sites is 1. The molecule has 2 heterocycles. The maximum absolute atomic E-state index is 12.7. The molecular weight excluding hydrogens is 364 g/mol. The molecule has 1 N–H and O–H groups in total. The van der Waals surface area contributed by atoms with Gasteiger partial charge < -0.3 is 5.32 Å². The summed E-state index contributed by atoms with van der Waals surface area (Å²) in [7, 11) is -3.40. The largest absolute Gasteiger partial charge is 0.350 e. The molecule has 7 nitrogen and oxygen atoms in total. The van der Waals surface area contributed by atoms with Crippen LogP contribution in [0.2, 0.25) is 0 Å². The van der Waals surface area contributed by atoms with Crippen LogP contribution >= 0.6 is 0 Å². The summed E-state index contributed by atoms with van der Waals surface area (Å²) >= 11 is 0. The van der Waals surface area contributed by atoms with Crippen molar-refractivity contribution in [3.63, 3.8) is 0 Å². The molecule has 0 radical (unpaired) electrons. The van der Waals surface area contributed by atoms with E-state index in [0.29, 0.717) is 19.5 Å². The van der Waals surface area contributed by atoms with Crippen LogP contribution in [0.5, 0.6) is 0 Å². The molecule has 0 spiro atoms. The fraction of sp³-hybridized carbons (Fsp3) is 0.474. The van der Waals surface area contributed by atoms with Gasteiger partial charge in [-0.2, -0.15) is 9.40 Å². The lowest BCUT2D eigenvalue weighted by Gasteiger charge is -2.32. The molecule has 1 fully saturated rings. The molecule has 1 aromatic carbocycles. The smallest absolute Gasteiger partial charge is 0.238 e. The van der Waals surface area contributed by atoms with E-state index in [1.807, 2.05) is 48.9 Å². The first-order valence-corrected chi connectivity index (χ1v) is 11.0. The van der Waals surface area contributed by atoms with Gasteiger partial charge in [-0.3, -0.25) is 4.79 Å². The normalized spacial score (nSPS) is 18.4. The summed E-state index contributed by atoms with van der Waals surface area (Å²) in [5.74, 6) is -0.244. The van der Waals surface area contributed by atoms with Crippen LogP contribution in [-0.2, 0) is 21.4 Å². The van der Waals surface area contributed by atoms with Crippen molar-refractivity contribution in [3.8, 4) is 5.69 Å². The molecular formula is C19H26N4O3S. The third-order valence-corrected chi connectivity index (χ3v) is 6.35. The lowest BCUT2D eigenvalue weighted by molar-refractivity contribution is -0.125. The van der Waals surface area contributed by atoms with E-state index in [9.17, 15) is 13.2 Å². The number of piperidine rings is 1. The van der Waals surface area contributed by atoms with E-state index in [0.717, 1.165) is 41.7 Å². The number of carbonyl (C=O) groups excluding carboxylic acids is 1. The molecule has 27 heavy (non-hydrogen) atoms. The maximum Gasteiger partial charge on any atom is 0.238 e. The van der Waals surface area contributed by atoms with Crippen molar-refractivity contribution in [2.45, 2.75) is 45.7 Å². The zero-order valence-corrected chi connectivity index (χ0v) is 16.8. The van der Waals surface area contributed by atoms with Crippen LogP contribution in [0.25, 0.3) is 5.69 Å². The van der Waals surface area contributed by atoms with Crippen molar-refractivity contribution >= 4 is 15.9 Å². The highest BCUT2D eigenvalue weighted by atomic mass is 32.2. The van der Waals surface area contributed by atoms with Gasteiger partial charge in [-0.1, -0.05) is 24.6 Å². The summed E-state index contributed by atoms with van der Waals surface area (Å²) in [5, 5.41) is 7.50. The van der Waals surface area contributed by atoms with E-state index in [-0.39, 0.29) is 5.91 Å². The highest BCUT2D eigenvalue weighted by molar-refractivity contribution is 7.88. The number of hydrogen-bond donors (Lipinski definition) is 1. The van der Waals surface area contributed by atoms with Crippen LogP contribution < -0.4 is 5.32 Å². The number of benzene rings is 1. The molecule has 0 bridgehead atoms. The lowest BCUT2D eigenvalue weighted by Crippen LogP contribution is -2.51. The molecule has 3 rings (SSSR count). The van der Waals surface area contributed by atoms with Crippen LogP contribution in [-0.4, -0.2) is 47.3 Å². The second kappa shape index (κ2) is 7.82. The molecule has 146 valence electrons. The van der Waals surface area contributed by atoms with Gasteiger partial charge in [-0.05, 0) is 38.8 Å². The quantitative estimate of drug-likeness (QED) is 0.845. The lowest BCUT2D eigenvalue weighted by atomic mass is 10.0. The van der Waals surface area contributed by atoms with Gasteiger partial charge >= 0.3 is 0 Å². The van der Waals surface area contributed by atoms with Gasteiger partial charge in [0, 0.05) is 24.3 Å². The Morgan fingerprint density at radius 1 is 1.22 bits per heavy atom. The fourth-order valence-corrected chi connectivity index (χ4v) is 4.73. The predicted octanol–water partition coefficient (Wildman–Crippen LogP) is 1.92. The van der Waals surface area contributed by atoms with E-state index in [4.69, 9.17) is 0 Å². The van der Waals surface area contributed by atoms with E-state index in [2.05, 4.69) is 10.4 Å². The van der Waals surface area contributed by atoms with Gasteiger partial charge in [0.15, 0.2) is 0 Å². The number of amides is 1. The Balaban J connectivity index is 1.75. The first kappa shape index (κ1) is 19.6. The Kier molecular flexibility index (Phi) is 5.67.